The molecule has 0 bridgehead atoms. The molecule has 6 nitrogen and oxygen atoms in total. The van der Waals surface area contributed by atoms with Gasteiger partial charge in [-0.05, 0) is 30.5 Å². The molecule has 0 radical (unpaired) electrons. The quantitative estimate of drug-likeness (QED) is 0.689. The summed E-state index contributed by atoms with van der Waals surface area (Å²) in [6.45, 7) is 0. The van der Waals surface area contributed by atoms with Crippen molar-refractivity contribution in [3.63, 3.8) is 0 Å². The molecule has 1 fully saturated rings. The maximum Gasteiger partial charge on any atom is 0.243 e. The Bertz CT molecular complexity index is 630. The van der Waals surface area contributed by atoms with E-state index in [0.29, 0.717) is 5.56 Å². The number of rotatable bonds is 7. The van der Waals surface area contributed by atoms with Gasteiger partial charge >= 0.3 is 0 Å². The highest BCUT2D eigenvalue weighted by molar-refractivity contribution is 5.92. The van der Waals surface area contributed by atoms with Crippen molar-refractivity contribution < 1.29 is 18.8 Å². The van der Waals surface area contributed by atoms with Crippen molar-refractivity contribution in [2.24, 2.45) is 5.73 Å². The molecule has 1 aliphatic carbocycles. The smallest absolute Gasteiger partial charge is 0.243 e. The molecule has 1 aliphatic rings. The molecule has 1 atom stereocenters. The fourth-order valence-corrected chi connectivity index (χ4v) is 3.04. The predicted octanol–water partition coefficient (Wildman–Crippen LogP) is 1.18. The van der Waals surface area contributed by atoms with Crippen molar-refractivity contribution >= 4 is 17.7 Å². The van der Waals surface area contributed by atoms with E-state index in [4.69, 9.17) is 5.73 Å². The first-order valence-corrected chi connectivity index (χ1v) is 8.56. The molecule has 1 unspecified atom stereocenters. The SMILES string of the molecule is NC(=O)CC(NC(=O)Cc1cccc(F)c1)C(=O)NC1CCCCC1. The molecule has 0 spiro atoms. The Kier molecular flexibility index (Phi) is 6.91. The van der Waals surface area contributed by atoms with Crippen molar-refractivity contribution in [3.05, 3.63) is 35.6 Å². The zero-order valence-corrected chi connectivity index (χ0v) is 14.1. The number of benzene rings is 1. The van der Waals surface area contributed by atoms with E-state index in [2.05, 4.69) is 10.6 Å². The zero-order valence-electron chi connectivity index (χ0n) is 14.1. The summed E-state index contributed by atoms with van der Waals surface area (Å²) in [7, 11) is 0. The van der Waals surface area contributed by atoms with E-state index in [9.17, 15) is 18.8 Å². The van der Waals surface area contributed by atoms with Gasteiger partial charge in [-0.2, -0.15) is 0 Å². The third-order valence-electron chi connectivity index (χ3n) is 4.26. The number of hydrogen-bond donors (Lipinski definition) is 3. The lowest BCUT2D eigenvalue weighted by atomic mass is 9.95. The van der Waals surface area contributed by atoms with Crippen molar-refractivity contribution in [1.29, 1.82) is 0 Å². The second kappa shape index (κ2) is 9.15. The summed E-state index contributed by atoms with van der Waals surface area (Å²) >= 11 is 0. The van der Waals surface area contributed by atoms with Crippen LogP contribution in [-0.4, -0.2) is 29.8 Å². The van der Waals surface area contributed by atoms with Crippen LogP contribution in [0.15, 0.2) is 24.3 Å². The van der Waals surface area contributed by atoms with Gasteiger partial charge in [-0.1, -0.05) is 31.4 Å². The first-order valence-electron chi connectivity index (χ1n) is 8.56. The molecular formula is C18H24FN3O3. The number of primary amides is 1. The average Bonchev–Trinajstić information content (AvgIpc) is 2.54. The third kappa shape index (κ3) is 6.52. The fourth-order valence-electron chi connectivity index (χ4n) is 3.04. The van der Waals surface area contributed by atoms with Crippen LogP contribution in [0, 0.1) is 5.82 Å². The van der Waals surface area contributed by atoms with Crippen LogP contribution in [0.4, 0.5) is 4.39 Å². The summed E-state index contributed by atoms with van der Waals surface area (Å²) in [5.41, 5.74) is 5.68. The van der Waals surface area contributed by atoms with Crippen molar-refractivity contribution in [1.82, 2.24) is 10.6 Å². The van der Waals surface area contributed by atoms with Crippen LogP contribution in [-0.2, 0) is 20.8 Å². The van der Waals surface area contributed by atoms with Gasteiger partial charge in [-0.15, -0.1) is 0 Å². The molecule has 1 aromatic carbocycles. The van der Waals surface area contributed by atoms with Gasteiger partial charge in [0.05, 0.1) is 12.8 Å². The summed E-state index contributed by atoms with van der Waals surface area (Å²) < 4.78 is 13.2. The number of hydrogen-bond acceptors (Lipinski definition) is 3. The van der Waals surface area contributed by atoms with Crippen molar-refractivity contribution in [3.8, 4) is 0 Å². The standard InChI is InChI=1S/C18H24FN3O3/c19-13-6-4-5-12(9-13)10-17(24)22-15(11-16(20)23)18(25)21-14-7-2-1-3-8-14/h4-6,9,14-15H,1-3,7-8,10-11H2,(H2,20,23)(H,21,25)(H,22,24). The Morgan fingerprint density at radius 3 is 2.56 bits per heavy atom. The highest BCUT2D eigenvalue weighted by atomic mass is 19.1. The van der Waals surface area contributed by atoms with Gasteiger partial charge in [0.25, 0.3) is 0 Å². The minimum Gasteiger partial charge on any atom is -0.370 e. The van der Waals surface area contributed by atoms with Gasteiger partial charge in [-0.3, -0.25) is 14.4 Å². The Labute approximate surface area is 146 Å². The summed E-state index contributed by atoms with van der Waals surface area (Å²) in [6.07, 6.45) is 4.70. The fraction of sp³-hybridized carbons (Fsp3) is 0.500. The number of carbonyl (C=O) groups is 3. The maximum absolute atomic E-state index is 13.2. The zero-order chi connectivity index (χ0) is 18.2. The molecular weight excluding hydrogens is 325 g/mol. The Morgan fingerprint density at radius 1 is 1.20 bits per heavy atom. The summed E-state index contributed by atoms with van der Waals surface area (Å²) in [5, 5.41) is 5.41. The van der Waals surface area contributed by atoms with E-state index in [1.807, 2.05) is 0 Å². The van der Waals surface area contributed by atoms with Gasteiger partial charge in [0.15, 0.2) is 0 Å². The van der Waals surface area contributed by atoms with Gasteiger partial charge in [0.2, 0.25) is 17.7 Å². The van der Waals surface area contributed by atoms with Crippen LogP contribution in [0.25, 0.3) is 0 Å². The molecule has 0 aromatic heterocycles. The van der Waals surface area contributed by atoms with E-state index in [1.165, 1.54) is 18.2 Å². The summed E-state index contributed by atoms with van der Waals surface area (Å²) in [4.78, 5) is 35.8. The molecule has 0 saturated heterocycles. The van der Waals surface area contributed by atoms with E-state index < -0.39 is 29.6 Å². The minimum atomic E-state index is -1.01. The van der Waals surface area contributed by atoms with E-state index in [1.54, 1.807) is 6.07 Å². The lowest BCUT2D eigenvalue weighted by molar-refractivity contribution is -0.131. The van der Waals surface area contributed by atoms with Crippen molar-refractivity contribution in [2.75, 3.05) is 0 Å². The molecule has 1 aromatic rings. The highest BCUT2D eigenvalue weighted by Gasteiger charge is 2.25. The number of nitrogens with one attached hydrogen (secondary N) is 2. The van der Waals surface area contributed by atoms with Gasteiger partial charge < -0.3 is 16.4 Å². The monoisotopic (exact) mass is 349 g/mol. The second-order valence-electron chi connectivity index (χ2n) is 6.44. The number of halogens is 1. The van der Waals surface area contributed by atoms with Gasteiger partial charge in [0.1, 0.15) is 11.9 Å². The molecule has 4 N–H and O–H groups in total. The molecule has 1 saturated carbocycles. The minimum absolute atomic E-state index is 0.0664. The third-order valence-corrected chi connectivity index (χ3v) is 4.26. The van der Waals surface area contributed by atoms with E-state index in [-0.39, 0.29) is 18.9 Å². The van der Waals surface area contributed by atoms with Gasteiger partial charge in [0, 0.05) is 6.04 Å². The molecule has 25 heavy (non-hydrogen) atoms. The topological polar surface area (TPSA) is 101 Å². The Balaban J connectivity index is 1.94. The molecule has 3 amide bonds. The van der Waals surface area contributed by atoms with Crippen LogP contribution in [0.1, 0.15) is 44.1 Å². The second-order valence-corrected chi connectivity index (χ2v) is 6.44. The number of amides is 3. The number of nitrogens with two attached hydrogens (primary N) is 1. The van der Waals surface area contributed by atoms with Gasteiger partial charge in [-0.25, -0.2) is 4.39 Å². The van der Waals surface area contributed by atoms with Crippen LogP contribution in [0.3, 0.4) is 0 Å². The normalized spacial score (nSPS) is 16.0. The molecule has 7 heteroatoms. The van der Waals surface area contributed by atoms with Crippen LogP contribution >= 0.6 is 0 Å². The molecule has 0 heterocycles. The lowest BCUT2D eigenvalue weighted by Gasteiger charge is -2.25. The average molecular weight is 349 g/mol. The predicted molar refractivity (Wildman–Crippen MR) is 90.9 cm³/mol. The lowest BCUT2D eigenvalue weighted by Crippen LogP contribution is -2.51. The Morgan fingerprint density at radius 2 is 1.92 bits per heavy atom. The van der Waals surface area contributed by atoms with E-state index >= 15 is 0 Å². The Hall–Kier alpha value is -2.44. The molecule has 0 aliphatic heterocycles. The van der Waals surface area contributed by atoms with Crippen LogP contribution in [0.2, 0.25) is 0 Å². The van der Waals surface area contributed by atoms with Crippen LogP contribution < -0.4 is 16.4 Å². The maximum atomic E-state index is 13.2. The first kappa shape index (κ1) is 18.9. The molecule has 136 valence electrons. The van der Waals surface area contributed by atoms with Crippen LogP contribution in [0.5, 0.6) is 0 Å². The van der Waals surface area contributed by atoms with E-state index in [0.717, 1.165) is 32.1 Å². The summed E-state index contributed by atoms with van der Waals surface area (Å²) in [5.74, 6) is -1.97. The molecule has 2 rings (SSSR count). The summed E-state index contributed by atoms with van der Waals surface area (Å²) in [6, 6.07) is 4.72. The first-order chi connectivity index (χ1) is 11.9. The number of carbonyl (C=O) groups excluding carboxylic acids is 3. The largest absolute Gasteiger partial charge is 0.370 e. The van der Waals surface area contributed by atoms with Crippen molar-refractivity contribution in [2.45, 2.75) is 57.0 Å². The highest BCUT2D eigenvalue weighted by Crippen LogP contribution is 2.17.